The minimum atomic E-state index is -1.23. The molecule has 44 heavy (non-hydrogen) atoms. The lowest BCUT2D eigenvalue weighted by atomic mass is 9.92. The number of hydroxylamine groups is 1. The lowest BCUT2D eigenvalue weighted by Gasteiger charge is -2.31. The number of ether oxygens (including phenoxy) is 1. The molecule has 3 N–H and O–H groups in total. The Bertz CT molecular complexity index is 1700. The second kappa shape index (κ2) is 13.2. The molecule has 0 bridgehead atoms. The summed E-state index contributed by atoms with van der Waals surface area (Å²) in [6.07, 6.45) is 6.34. The third-order valence-electron chi connectivity index (χ3n) is 8.43. The third-order valence-corrected chi connectivity index (χ3v) is 8.43. The predicted molar refractivity (Wildman–Crippen MR) is 166 cm³/mol. The Balaban J connectivity index is 1.29. The van der Waals surface area contributed by atoms with Crippen molar-refractivity contribution in [2.75, 3.05) is 6.61 Å². The van der Waals surface area contributed by atoms with Crippen molar-refractivity contribution >= 4 is 11.6 Å². The number of rotatable bonds is 11. The first-order valence-electron chi connectivity index (χ1n) is 15.2. The number of aryl methyl sites for hydroxylation is 1. The highest BCUT2D eigenvalue weighted by Gasteiger charge is 2.28. The van der Waals surface area contributed by atoms with E-state index in [2.05, 4.69) is 34.1 Å². The zero-order valence-corrected chi connectivity index (χ0v) is 24.8. The van der Waals surface area contributed by atoms with Gasteiger partial charge in [-0.3, -0.25) is 9.36 Å². The van der Waals surface area contributed by atoms with Crippen molar-refractivity contribution in [1.82, 2.24) is 24.6 Å². The highest BCUT2D eigenvalue weighted by Crippen LogP contribution is 2.31. The molecule has 0 amide bonds. The first-order valence-corrected chi connectivity index (χ1v) is 15.2. The molecule has 11 heteroatoms. The van der Waals surface area contributed by atoms with Crippen molar-refractivity contribution in [3.63, 3.8) is 0 Å². The monoisotopic (exact) mass is 598 g/mol. The number of fused-ring (bicyclic) bond motifs is 1. The second-order valence-corrected chi connectivity index (χ2v) is 11.3. The van der Waals surface area contributed by atoms with Crippen molar-refractivity contribution in [1.29, 1.82) is 0 Å². The SMILES string of the molecule is C=CC(O)COC1CCC(n2c(=O)c(Cc3ccc(-c4ccccc4C4=NC(O)ON4)cc3)c(CCC)n3ncnc23)CC1. The molecule has 2 aromatic heterocycles. The Morgan fingerprint density at radius 2 is 1.89 bits per heavy atom. The van der Waals surface area contributed by atoms with Crippen LogP contribution in [0.2, 0.25) is 0 Å². The van der Waals surface area contributed by atoms with Crippen molar-refractivity contribution < 1.29 is 19.8 Å². The first kappa shape index (κ1) is 29.9. The average Bonchev–Trinajstić information content (AvgIpc) is 3.72. The van der Waals surface area contributed by atoms with Crippen LogP contribution in [-0.4, -0.2) is 60.4 Å². The smallest absolute Gasteiger partial charge is 0.280 e. The summed E-state index contributed by atoms with van der Waals surface area (Å²) >= 11 is 0. The fourth-order valence-electron chi connectivity index (χ4n) is 6.19. The van der Waals surface area contributed by atoms with Crippen molar-refractivity contribution in [2.45, 2.75) is 76.5 Å². The Hall–Kier alpha value is -4.16. The van der Waals surface area contributed by atoms with E-state index in [-0.39, 0.29) is 24.3 Å². The number of aliphatic imine (C=N–C) groups is 1. The summed E-state index contributed by atoms with van der Waals surface area (Å²) in [4.78, 5) is 27.9. The second-order valence-electron chi connectivity index (χ2n) is 11.3. The fourth-order valence-corrected chi connectivity index (χ4v) is 6.19. The Morgan fingerprint density at radius 1 is 1.14 bits per heavy atom. The largest absolute Gasteiger partial charge is 0.387 e. The van der Waals surface area contributed by atoms with Gasteiger partial charge < -0.3 is 14.9 Å². The van der Waals surface area contributed by atoms with Crippen LogP contribution in [0.15, 0.2) is 77.3 Å². The van der Waals surface area contributed by atoms with Gasteiger partial charge in [-0.1, -0.05) is 68.0 Å². The molecule has 1 aliphatic carbocycles. The molecule has 0 spiro atoms. The van der Waals surface area contributed by atoms with Crippen molar-refractivity contribution in [3.8, 4) is 11.1 Å². The normalized spacial score (nSPS) is 20.8. The summed E-state index contributed by atoms with van der Waals surface area (Å²) < 4.78 is 9.58. The number of nitrogens with one attached hydrogen (secondary N) is 1. The van der Waals surface area contributed by atoms with Gasteiger partial charge >= 0.3 is 0 Å². The Morgan fingerprint density at radius 3 is 2.57 bits per heavy atom. The number of aliphatic hydroxyl groups is 2. The van der Waals surface area contributed by atoms with E-state index >= 15 is 0 Å². The van der Waals surface area contributed by atoms with E-state index in [4.69, 9.17) is 9.57 Å². The van der Waals surface area contributed by atoms with E-state index in [0.717, 1.165) is 65.6 Å². The number of amidine groups is 1. The number of aliphatic hydroxyl groups excluding tert-OH is 2. The van der Waals surface area contributed by atoms with Gasteiger partial charge in [0.1, 0.15) is 6.33 Å². The summed E-state index contributed by atoms with van der Waals surface area (Å²) in [6.45, 7) is 5.94. The van der Waals surface area contributed by atoms with Gasteiger partial charge in [0.25, 0.3) is 12.0 Å². The highest BCUT2D eigenvalue weighted by molar-refractivity contribution is 6.04. The lowest BCUT2D eigenvalue weighted by Crippen LogP contribution is -2.35. The maximum Gasteiger partial charge on any atom is 0.280 e. The van der Waals surface area contributed by atoms with E-state index in [0.29, 0.717) is 24.5 Å². The van der Waals surface area contributed by atoms with E-state index in [1.807, 2.05) is 57.6 Å². The van der Waals surface area contributed by atoms with Crippen LogP contribution >= 0.6 is 0 Å². The highest BCUT2D eigenvalue weighted by atomic mass is 16.7. The number of benzene rings is 2. The number of nitrogens with zero attached hydrogens (tertiary/aromatic N) is 5. The molecule has 2 atom stereocenters. The minimum absolute atomic E-state index is 0.0127. The van der Waals surface area contributed by atoms with Gasteiger partial charge in [0.2, 0.25) is 5.78 Å². The fraction of sp³-hybridized carbons (Fsp3) is 0.394. The van der Waals surface area contributed by atoms with Crippen LogP contribution in [0.3, 0.4) is 0 Å². The van der Waals surface area contributed by atoms with Crippen LogP contribution in [0, 0.1) is 0 Å². The lowest BCUT2D eigenvalue weighted by molar-refractivity contribution is -0.102. The van der Waals surface area contributed by atoms with Crippen LogP contribution in [0.5, 0.6) is 0 Å². The van der Waals surface area contributed by atoms with Crippen LogP contribution in [-0.2, 0) is 22.4 Å². The Labute approximate surface area is 255 Å². The van der Waals surface area contributed by atoms with Gasteiger partial charge in [-0.15, -0.1) is 6.58 Å². The molecule has 0 saturated heterocycles. The number of hydrogen-bond donors (Lipinski definition) is 3. The van der Waals surface area contributed by atoms with Crippen LogP contribution in [0.1, 0.15) is 67.5 Å². The molecule has 2 aliphatic rings. The predicted octanol–water partition coefficient (Wildman–Crippen LogP) is 3.71. The zero-order chi connectivity index (χ0) is 30.6. The summed E-state index contributed by atoms with van der Waals surface area (Å²) in [5.41, 5.74) is 8.07. The molecule has 2 aromatic carbocycles. The quantitative estimate of drug-likeness (QED) is 0.223. The molecule has 11 nitrogen and oxygen atoms in total. The minimum Gasteiger partial charge on any atom is -0.387 e. The number of hydrogen-bond acceptors (Lipinski definition) is 9. The molecular weight excluding hydrogens is 560 g/mol. The molecule has 1 aliphatic heterocycles. The molecule has 6 rings (SSSR count). The molecule has 1 fully saturated rings. The molecule has 4 aromatic rings. The van der Waals surface area contributed by atoms with E-state index in [1.54, 1.807) is 0 Å². The standard InChI is InChI=1S/C33H38N6O5/c1-3-7-29-28(18-21-10-12-22(13-11-21)26-8-5-6-9-27(26)30-36-33(42)44-37-30)31(41)38(32-34-20-35-39(29)32)23-14-16-25(17-15-23)43-19-24(40)4-2/h4-6,8-13,20,23-25,33,40,42H,2-3,7,14-19H2,1H3,(H,36,37). The maximum atomic E-state index is 14.3. The molecule has 1 saturated carbocycles. The maximum absolute atomic E-state index is 14.3. The summed E-state index contributed by atoms with van der Waals surface area (Å²) in [5.74, 6) is 1.05. The average molecular weight is 599 g/mol. The van der Waals surface area contributed by atoms with Crippen LogP contribution in [0.25, 0.3) is 16.9 Å². The zero-order valence-electron chi connectivity index (χ0n) is 24.8. The van der Waals surface area contributed by atoms with Gasteiger partial charge in [-0.05, 0) is 48.8 Å². The van der Waals surface area contributed by atoms with Crippen molar-refractivity contribution in [3.05, 3.63) is 100 Å². The van der Waals surface area contributed by atoms with Gasteiger partial charge in [0, 0.05) is 23.6 Å². The summed E-state index contributed by atoms with van der Waals surface area (Å²) in [5, 5.41) is 24.0. The molecular formula is C33H38N6O5. The van der Waals surface area contributed by atoms with E-state index in [9.17, 15) is 15.0 Å². The van der Waals surface area contributed by atoms with Gasteiger partial charge in [-0.2, -0.15) is 10.1 Å². The van der Waals surface area contributed by atoms with Crippen molar-refractivity contribution in [2.24, 2.45) is 4.99 Å². The molecule has 230 valence electrons. The molecule has 2 unspecified atom stereocenters. The molecule has 0 radical (unpaired) electrons. The topological polar surface area (TPSA) is 136 Å². The van der Waals surface area contributed by atoms with Gasteiger partial charge in [-0.25, -0.2) is 19.8 Å². The Kier molecular flexibility index (Phi) is 8.99. The third kappa shape index (κ3) is 6.09. The summed E-state index contributed by atoms with van der Waals surface area (Å²) in [6, 6.07) is 16.0. The summed E-state index contributed by atoms with van der Waals surface area (Å²) in [7, 11) is 0. The van der Waals surface area contributed by atoms with Crippen LogP contribution in [0.4, 0.5) is 0 Å². The van der Waals surface area contributed by atoms with Gasteiger partial charge in [0.15, 0.2) is 5.84 Å². The van der Waals surface area contributed by atoms with Crippen LogP contribution < -0.4 is 11.0 Å². The molecule has 3 heterocycles. The van der Waals surface area contributed by atoms with Gasteiger partial charge in [0.05, 0.1) is 24.5 Å². The number of aromatic nitrogens is 4. The van der Waals surface area contributed by atoms with E-state index in [1.165, 1.54) is 12.4 Å². The van der Waals surface area contributed by atoms with E-state index < -0.39 is 12.5 Å². The first-order chi connectivity index (χ1) is 21.5.